The number of hydrogen-bond donors (Lipinski definition) is 1. The lowest BCUT2D eigenvalue weighted by atomic mass is 9.87. The fraction of sp³-hybridized carbons (Fsp3) is 0.840. The van der Waals surface area contributed by atoms with Gasteiger partial charge in [0.15, 0.2) is 12.3 Å². The second-order valence-electron chi connectivity index (χ2n) is 12.2. The van der Waals surface area contributed by atoms with Crippen LogP contribution in [0.15, 0.2) is 15.8 Å². The number of likely N-dealkylation sites (N-methyl/N-ethyl adjacent to an activating group) is 1. The molecule has 4 rings (SSSR count). The van der Waals surface area contributed by atoms with Crippen molar-refractivity contribution < 1.29 is 22.5 Å². The molecule has 3 aliphatic heterocycles. The first-order valence-electron chi connectivity index (χ1n) is 13.5. The highest BCUT2D eigenvalue weighted by atomic mass is 28.5. The number of hydrogen-bond acceptors (Lipinski definition) is 8. The molecule has 0 aromatic carbocycles. The third-order valence-corrected chi connectivity index (χ3v) is 18.9. The van der Waals surface area contributed by atoms with E-state index in [0.29, 0.717) is 5.56 Å². The molecule has 1 aromatic rings. The Balaban J connectivity index is 1.94. The number of nitrogens with zero attached hydrogens (tertiary/aromatic N) is 2. The predicted octanol–water partition coefficient (Wildman–Crippen LogP) is 3.70. The molecule has 0 radical (unpaired) electrons. The molecule has 2 bridgehead atoms. The summed E-state index contributed by atoms with van der Waals surface area (Å²) >= 11 is 0. The highest BCUT2D eigenvalue weighted by Gasteiger charge is 2.70. The standard InChI is InChI=1S/C25H45N3O7Si2/c1-14(2)36(15(3)4)31-13-25-19(10)27(11)33-20(21(25)34-37(35-36,16(5)6)17(7)8)23(32-25)28-12-18(9)22(29)26-24(28)30/h12,14-17,19-21,23H,13H2,1-11H3,(H,26,29,30)/t19-,20?,21-,23-,25+/m1/s1. The summed E-state index contributed by atoms with van der Waals surface area (Å²) in [5.41, 5.74) is -0.778. The highest BCUT2D eigenvalue weighted by Crippen LogP contribution is 2.54. The van der Waals surface area contributed by atoms with Gasteiger partial charge in [0.25, 0.3) is 5.56 Å². The lowest BCUT2D eigenvalue weighted by Gasteiger charge is -2.56. The summed E-state index contributed by atoms with van der Waals surface area (Å²) in [5.74, 6) is 0. The van der Waals surface area contributed by atoms with Crippen LogP contribution in [0.1, 0.15) is 74.1 Å². The van der Waals surface area contributed by atoms with Crippen LogP contribution >= 0.6 is 0 Å². The maximum atomic E-state index is 13.0. The molecule has 0 spiro atoms. The second-order valence-corrected chi connectivity index (χ2v) is 21.1. The molecule has 3 saturated heterocycles. The SMILES string of the molecule is Cc1cn([C@@H]2O[C@]34CO[Si](C(C)C)(C(C)C)O[Si](C(C)C)(C(C)C)O[C@@H]3C2ON(C)[C@@H]4C)c(=O)[nH]c1=O. The summed E-state index contributed by atoms with van der Waals surface area (Å²) in [4.78, 5) is 33.9. The minimum atomic E-state index is -2.94. The number of aryl methyl sites for hydroxylation is 1. The van der Waals surface area contributed by atoms with Gasteiger partial charge in [0.05, 0.1) is 12.6 Å². The monoisotopic (exact) mass is 555 g/mol. The Morgan fingerprint density at radius 3 is 2.11 bits per heavy atom. The van der Waals surface area contributed by atoms with Crippen molar-refractivity contribution in [2.24, 2.45) is 0 Å². The molecular formula is C25H45N3O7Si2. The van der Waals surface area contributed by atoms with Crippen molar-refractivity contribution in [2.45, 2.75) is 121 Å². The van der Waals surface area contributed by atoms with Gasteiger partial charge in [0.1, 0.15) is 11.7 Å². The van der Waals surface area contributed by atoms with Crippen LogP contribution in [-0.2, 0) is 22.5 Å². The molecule has 3 fully saturated rings. The van der Waals surface area contributed by atoms with Gasteiger partial charge in [-0.1, -0.05) is 55.4 Å². The van der Waals surface area contributed by atoms with Crippen LogP contribution in [-0.4, -0.2) is 69.2 Å². The largest absolute Gasteiger partial charge is 0.414 e. The predicted molar refractivity (Wildman–Crippen MR) is 145 cm³/mol. The number of hydroxylamine groups is 2. The lowest BCUT2D eigenvalue weighted by Crippen LogP contribution is -2.73. The van der Waals surface area contributed by atoms with E-state index < -0.39 is 52.4 Å². The van der Waals surface area contributed by atoms with Gasteiger partial charge in [-0.05, 0) is 36.0 Å². The average molecular weight is 556 g/mol. The molecule has 3 aliphatic rings. The topological polar surface area (TPSA) is 104 Å². The van der Waals surface area contributed by atoms with E-state index in [1.807, 2.05) is 14.0 Å². The maximum Gasteiger partial charge on any atom is 0.335 e. The van der Waals surface area contributed by atoms with E-state index in [-0.39, 0.29) is 34.8 Å². The third kappa shape index (κ3) is 4.28. The van der Waals surface area contributed by atoms with Gasteiger partial charge < -0.3 is 17.7 Å². The van der Waals surface area contributed by atoms with Crippen LogP contribution in [0.5, 0.6) is 0 Å². The van der Waals surface area contributed by atoms with Crippen LogP contribution in [0.3, 0.4) is 0 Å². The summed E-state index contributed by atoms with van der Waals surface area (Å²) in [7, 11) is -3.86. The Bertz CT molecular complexity index is 1100. The quantitative estimate of drug-likeness (QED) is 0.549. The zero-order chi connectivity index (χ0) is 27.7. The molecular weight excluding hydrogens is 510 g/mol. The molecule has 10 nitrogen and oxygen atoms in total. The fourth-order valence-electron chi connectivity index (χ4n) is 6.35. The number of H-pyrrole nitrogens is 1. The zero-order valence-corrected chi connectivity index (χ0v) is 26.2. The van der Waals surface area contributed by atoms with E-state index in [4.69, 9.17) is 22.5 Å². The van der Waals surface area contributed by atoms with E-state index in [1.54, 1.807) is 18.2 Å². The molecule has 4 heterocycles. The Morgan fingerprint density at radius 1 is 1.00 bits per heavy atom. The Morgan fingerprint density at radius 2 is 1.57 bits per heavy atom. The van der Waals surface area contributed by atoms with Gasteiger partial charge in [-0.25, -0.2) is 4.79 Å². The summed E-state index contributed by atoms with van der Waals surface area (Å²) in [6, 6.07) is -0.228. The molecule has 210 valence electrons. The minimum absolute atomic E-state index is 0.140. The van der Waals surface area contributed by atoms with Crippen LogP contribution in [0.4, 0.5) is 0 Å². The van der Waals surface area contributed by atoms with Gasteiger partial charge in [-0.15, -0.1) is 0 Å². The van der Waals surface area contributed by atoms with E-state index >= 15 is 0 Å². The van der Waals surface area contributed by atoms with Crippen molar-refractivity contribution in [3.8, 4) is 0 Å². The van der Waals surface area contributed by atoms with Crippen LogP contribution in [0.25, 0.3) is 0 Å². The first-order valence-corrected chi connectivity index (χ1v) is 17.5. The molecule has 1 N–H and O–H groups in total. The van der Waals surface area contributed by atoms with Crippen LogP contribution in [0.2, 0.25) is 22.2 Å². The third-order valence-electron chi connectivity index (χ3n) is 8.73. The zero-order valence-electron chi connectivity index (χ0n) is 24.2. The Kier molecular flexibility index (Phi) is 7.65. The van der Waals surface area contributed by atoms with E-state index in [9.17, 15) is 9.59 Å². The molecule has 12 heteroatoms. The van der Waals surface area contributed by atoms with Gasteiger partial charge >= 0.3 is 22.8 Å². The molecule has 37 heavy (non-hydrogen) atoms. The lowest BCUT2D eigenvalue weighted by molar-refractivity contribution is -0.283. The highest BCUT2D eigenvalue weighted by molar-refractivity contribution is 6.84. The van der Waals surface area contributed by atoms with Crippen molar-refractivity contribution in [3.05, 3.63) is 32.6 Å². The molecule has 0 aliphatic carbocycles. The van der Waals surface area contributed by atoms with Crippen molar-refractivity contribution >= 4 is 17.1 Å². The summed E-state index contributed by atoms with van der Waals surface area (Å²) < 4.78 is 30.0. The fourth-order valence-corrected chi connectivity index (χ4v) is 17.6. The summed E-state index contributed by atoms with van der Waals surface area (Å²) in [6.07, 6.45) is -0.417. The first-order chi connectivity index (χ1) is 17.1. The molecule has 5 atom stereocenters. The average Bonchev–Trinajstić information content (AvgIpc) is 3.01. The Hall–Kier alpha value is -1.13. The normalized spacial score (nSPS) is 33.7. The number of aromatic nitrogens is 2. The van der Waals surface area contributed by atoms with E-state index in [1.165, 1.54) is 4.57 Å². The van der Waals surface area contributed by atoms with Gasteiger partial charge in [-0.2, -0.15) is 5.06 Å². The van der Waals surface area contributed by atoms with Gasteiger partial charge in [0, 0.05) is 18.8 Å². The Labute approximate surface area is 222 Å². The maximum absolute atomic E-state index is 13.0. The molecule has 0 saturated carbocycles. The van der Waals surface area contributed by atoms with Gasteiger partial charge in [0.2, 0.25) is 0 Å². The summed E-state index contributed by atoms with van der Waals surface area (Å²) in [6.45, 7) is 21.4. The molecule has 1 aromatic heterocycles. The van der Waals surface area contributed by atoms with Crippen LogP contribution in [0, 0.1) is 6.92 Å². The summed E-state index contributed by atoms with van der Waals surface area (Å²) in [5, 5.41) is 1.79. The van der Waals surface area contributed by atoms with Crippen molar-refractivity contribution in [1.29, 1.82) is 0 Å². The molecule has 0 amide bonds. The number of nitrogens with one attached hydrogen (secondary N) is 1. The first kappa shape index (κ1) is 28.9. The second kappa shape index (κ2) is 9.81. The number of aromatic amines is 1. The van der Waals surface area contributed by atoms with Crippen molar-refractivity contribution in [1.82, 2.24) is 14.6 Å². The van der Waals surface area contributed by atoms with Gasteiger partial charge in [-0.3, -0.25) is 19.2 Å². The van der Waals surface area contributed by atoms with E-state index in [0.717, 1.165) is 0 Å². The smallest absolute Gasteiger partial charge is 0.335 e. The molecule has 1 unspecified atom stereocenters. The number of ether oxygens (including phenoxy) is 1. The van der Waals surface area contributed by atoms with Crippen molar-refractivity contribution in [2.75, 3.05) is 13.7 Å². The van der Waals surface area contributed by atoms with E-state index in [2.05, 4.69) is 60.4 Å². The van der Waals surface area contributed by atoms with Crippen molar-refractivity contribution in [3.63, 3.8) is 0 Å². The van der Waals surface area contributed by atoms with Crippen LogP contribution < -0.4 is 11.2 Å². The number of rotatable bonds is 5. The minimum Gasteiger partial charge on any atom is -0.414 e.